The fourth-order valence-corrected chi connectivity index (χ4v) is 3.32. The molecule has 2 amide bonds. The molecular weight excluding hydrogens is 352 g/mol. The van der Waals surface area contributed by atoms with Crippen LogP contribution in [0, 0.1) is 0 Å². The van der Waals surface area contributed by atoms with Gasteiger partial charge in [-0.25, -0.2) is 16.8 Å². The first kappa shape index (κ1) is 21.8. The lowest BCUT2D eigenvalue weighted by Gasteiger charge is -2.07. The molecule has 0 bridgehead atoms. The standard InChI is InChI=1S/C11H22N2O8S2/c14-4-6-22(18,19)8-10(16)12-2-1-3-13-11(17)9-23(20,21)7-5-15/h14-15H,1-9H2,(H,12,16)(H,13,17). The van der Waals surface area contributed by atoms with Crippen molar-refractivity contribution in [2.45, 2.75) is 6.42 Å². The Labute approximate surface area is 135 Å². The van der Waals surface area contributed by atoms with Crippen molar-refractivity contribution in [3.63, 3.8) is 0 Å². The summed E-state index contributed by atoms with van der Waals surface area (Å²) >= 11 is 0. The summed E-state index contributed by atoms with van der Waals surface area (Å²) < 4.78 is 45.0. The third-order valence-electron chi connectivity index (χ3n) is 2.50. The Balaban J connectivity index is 3.89. The van der Waals surface area contributed by atoms with Crippen LogP contribution < -0.4 is 10.6 Å². The van der Waals surface area contributed by atoms with E-state index in [2.05, 4.69) is 10.6 Å². The van der Waals surface area contributed by atoms with Crippen LogP contribution in [0.1, 0.15) is 6.42 Å². The van der Waals surface area contributed by atoms with E-state index < -0.39 is 67.7 Å². The van der Waals surface area contributed by atoms with Crippen LogP contribution in [0.15, 0.2) is 0 Å². The Kier molecular flexibility index (Phi) is 9.95. The molecule has 0 heterocycles. The van der Waals surface area contributed by atoms with E-state index in [4.69, 9.17) is 10.2 Å². The quantitative estimate of drug-likeness (QED) is 0.254. The number of carbonyl (C=O) groups excluding carboxylic acids is 2. The average Bonchev–Trinajstić information content (AvgIpc) is 2.36. The maximum Gasteiger partial charge on any atom is 0.235 e. The Morgan fingerprint density at radius 3 is 1.39 bits per heavy atom. The number of hydrogen-bond acceptors (Lipinski definition) is 8. The summed E-state index contributed by atoms with van der Waals surface area (Å²) in [5, 5.41) is 21.7. The minimum absolute atomic E-state index is 0.108. The van der Waals surface area contributed by atoms with Crippen molar-refractivity contribution >= 4 is 31.5 Å². The molecule has 4 N–H and O–H groups in total. The number of hydrogen-bond donors (Lipinski definition) is 4. The fourth-order valence-electron chi connectivity index (χ4n) is 1.47. The maximum absolute atomic E-state index is 11.3. The molecule has 0 aromatic carbocycles. The van der Waals surface area contributed by atoms with Crippen LogP contribution in [0.5, 0.6) is 0 Å². The minimum atomic E-state index is -3.63. The van der Waals surface area contributed by atoms with Crippen molar-refractivity contribution < 1.29 is 36.6 Å². The molecule has 0 unspecified atom stereocenters. The summed E-state index contributed by atoms with van der Waals surface area (Å²) in [5.41, 5.74) is 0. The van der Waals surface area contributed by atoms with E-state index in [1.165, 1.54) is 0 Å². The highest BCUT2D eigenvalue weighted by Crippen LogP contribution is 1.90. The molecule has 0 aromatic heterocycles. The number of amides is 2. The Hall–Kier alpha value is -1.24. The molecule has 23 heavy (non-hydrogen) atoms. The second-order valence-electron chi connectivity index (χ2n) is 4.68. The van der Waals surface area contributed by atoms with Gasteiger partial charge < -0.3 is 20.8 Å². The first-order valence-electron chi connectivity index (χ1n) is 6.78. The molecule has 0 atom stereocenters. The Bertz CT molecular complexity index is 533. The lowest BCUT2D eigenvalue weighted by molar-refractivity contribution is -0.119. The molecule has 0 aliphatic rings. The Morgan fingerprint density at radius 2 is 1.09 bits per heavy atom. The largest absolute Gasteiger partial charge is 0.395 e. The lowest BCUT2D eigenvalue weighted by Crippen LogP contribution is -2.36. The predicted octanol–water partition coefficient (Wildman–Crippen LogP) is -3.58. The minimum Gasteiger partial charge on any atom is -0.395 e. The molecule has 10 nitrogen and oxygen atoms in total. The molecule has 0 rings (SSSR count). The van der Waals surface area contributed by atoms with E-state index >= 15 is 0 Å². The van der Waals surface area contributed by atoms with Crippen molar-refractivity contribution in [3.8, 4) is 0 Å². The van der Waals surface area contributed by atoms with E-state index in [1.807, 2.05) is 0 Å². The third kappa shape index (κ3) is 11.9. The summed E-state index contributed by atoms with van der Waals surface area (Å²) in [7, 11) is -7.26. The zero-order valence-corrected chi connectivity index (χ0v) is 14.2. The van der Waals surface area contributed by atoms with Crippen LogP contribution in [0.3, 0.4) is 0 Å². The van der Waals surface area contributed by atoms with E-state index in [9.17, 15) is 26.4 Å². The highest BCUT2D eigenvalue weighted by atomic mass is 32.2. The van der Waals surface area contributed by atoms with Crippen LogP contribution in [0.2, 0.25) is 0 Å². The molecule has 0 aliphatic carbocycles. The lowest BCUT2D eigenvalue weighted by atomic mass is 10.4. The predicted molar refractivity (Wildman–Crippen MR) is 82.1 cm³/mol. The van der Waals surface area contributed by atoms with Crippen LogP contribution in [-0.4, -0.2) is 88.2 Å². The van der Waals surface area contributed by atoms with Gasteiger partial charge >= 0.3 is 0 Å². The van der Waals surface area contributed by atoms with Crippen LogP contribution in [-0.2, 0) is 29.3 Å². The first-order valence-corrected chi connectivity index (χ1v) is 10.4. The number of rotatable bonds is 12. The van der Waals surface area contributed by atoms with Gasteiger partial charge in [-0.05, 0) is 6.42 Å². The van der Waals surface area contributed by atoms with E-state index in [0.717, 1.165) is 0 Å². The van der Waals surface area contributed by atoms with E-state index in [0.29, 0.717) is 0 Å². The van der Waals surface area contributed by atoms with Crippen molar-refractivity contribution in [2.24, 2.45) is 0 Å². The van der Waals surface area contributed by atoms with Crippen LogP contribution in [0.25, 0.3) is 0 Å². The highest BCUT2D eigenvalue weighted by molar-refractivity contribution is 7.92. The van der Waals surface area contributed by atoms with E-state index in [1.54, 1.807) is 0 Å². The Morgan fingerprint density at radius 1 is 0.739 bits per heavy atom. The zero-order valence-electron chi connectivity index (χ0n) is 12.5. The molecule has 0 saturated heterocycles. The van der Waals surface area contributed by atoms with Crippen molar-refractivity contribution in [1.29, 1.82) is 0 Å². The second-order valence-corrected chi connectivity index (χ2v) is 9.05. The van der Waals surface area contributed by atoms with Crippen molar-refractivity contribution in [3.05, 3.63) is 0 Å². The van der Waals surface area contributed by atoms with Gasteiger partial charge in [0.2, 0.25) is 11.8 Å². The molecule has 12 heteroatoms. The molecule has 0 radical (unpaired) electrons. The number of aliphatic hydroxyl groups is 2. The molecule has 0 spiro atoms. The van der Waals surface area contributed by atoms with Gasteiger partial charge in [-0.3, -0.25) is 9.59 Å². The van der Waals surface area contributed by atoms with Crippen LogP contribution >= 0.6 is 0 Å². The van der Waals surface area contributed by atoms with Crippen molar-refractivity contribution in [1.82, 2.24) is 10.6 Å². The first-order chi connectivity index (χ1) is 10.6. The average molecular weight is 374 g/mol. The summed E-state index contributed by atoms with van der Waals surface area (Å²) in [5.74, 6) is -3.85. The summed E-state index contributed by atoms with van der Waals surface area (Å²) in [6.07, 6.45) is 0.289. The monoisotopic (exact) mass is 374 g/mol. The van der Waals surface area contributed by atoms with Gasteiger partial charge in [-0.15, -0.1) is 0 Å². The van der Waals surface area contributed by atoms with E-state index in [-0.39, 0.29) is 19.5 Å². The number of sulfone groups is 2. The second kappa shape index (κ2) is 10.5. The number of carbonyl (C=O) groups is 2. The molecule has 136 valence electrons. The maximum atomic E-state index is 11.3. The smallest absolute Gasteiger partial charge is 0.235 e. The molecule has 0 fully saturated rings. The fraction of sp³-hybridized carbons (Fsp3) is 0.818. The van der Waals surface area contributed by atoms with Crippen molar-refractivity contribution in [2.75, 3.05) is 49.3 Å². The van der Waals surface area contributed by atoms with Gasteiger partial charge in [0.15, 0.2) is 19.7 Å². The zero-order chi connectivity index (χ0) is 17.9. The van der Waals surface area contributed by atoms with Gasteiger partial charge in [-0.2, -0.15) is 0 Å². The SMILES string of the molecule is O=C(CS(=O)(=O)CCO)NCCCNC(=O)CS(=O)(=O)CCO. The number of aliphatic hydroxyl groups excluding tert-OH is 2. The summed E-state index contributed by atoms with van der Waals surface area (Å²) in [4.78, 5) is 22.7. The molecule has 0 aliphatic heterocycles. The normalized spacial score (nSPS) is 11.9. The highest BCUT2D eigenvalue weighted by Gasteiger charge is 2.16. The topological polar surface area (TPSA) is 167 Å². The summed E-state index contributed by atoms with van der Waals surface area (Å²) in [6.45, 7) is -0.893. The van der Waals surface area contributed by atoms with Gasteiger partial charge in [0.1, 0.15) is 11.5 Å². The van der Waals surface area contributed by atoms with Gasteiger partial charge in [0, 0.05) is 13.1 Å². The molecule has 0 saturated carbocycles. The summed E-state index contributed by atoms with van der Waals surface area (Å²) in [6, 6.07) is 0. The third-order valence-corrected chi connectivity index (χ3v) is 5.52. The van der Waals surface area contributed by atoms with Crippen LogP contribution in [0.4, 0.5) is 0 Å². The number of nitrogens with one attached hydrogen (secondary N) is 2. The van der Waals surface area contributed by atoms with Gasteiger partial charge in [0.05, 0.1) is 24.7 Å². The molecular formula is C11H22N2O8S2. The molecule has 0 aromatic rings. The van der Waals surface area contributed by atoms with Gasteiger partial charge in [0.25, 0.3) is 0 Å². The van der Waals surface area contributed by atoms with Gasteiger partial charge in [-0.1, -0.05) is 0 Å².